The first-order valence-corrected chi connectivity index (χ1v) is 5.65. The zero-order valence-corrected chi connectivity index (χ0v) is 8.50. The highest BCUT2D eigenvalue weighted by Crippen LogP contribution is 2.10. The van der Waals surface area contributed by atoms with E-state index in [1.54, 1.807) is 6.92 Å². The summed E-state index contributed by atoms with van der Waals surface area (Å²) in [5, 5.41) is 7.14. The Labute approximate surface area is 82.4 Å². The van der Waals surface area contributed by atoms with Gasteiger partial charge in [0.1, 0.15) is 5.84 Å². The van der Waals surface area contributed by atoms with Crippen LogP contribution in [0.4, 0.5) is 0 Å². The summed E-state index contributed by atoms with van der Waals surface area (Å²) >= 11 is 0. The van der Waals surface area contributed by atoms with Gasteiger partial charge in [0.25, 0.3) is 0 Å². The maximum absolute atomic E-state index is 11.4. The van der Waals surface area contributed by atoms with E-state index in [1.807, 2.05) is 0 Å². The van der Waals surface area contributed by atoms with Crippen LogP contribution in [0.2, 0.25) is 0 Å². The third-order valence-electron chi connectivity index (χ3n) is 1.76. The van der Waals surface area contributed by atoms with Gasteiger partial charge in [-0.1, -0.05) is 6.92 Å². The fourth-order valence-electron chi connectivity index (χ4n) is 0.903. The van der Waals surface area contributed by atoms with Gasteiger partial charge in [-0.2, -0.15) is 0 Å². The molecule has 1 rings (SSSR count). The molecular formula is C8H11N3O2S. The maximum Gasteiger partial charge on any atom is 0.179 e. The van der Waals surface area contributed by atoms with Gasteiger partial charge in [0.2, 0.25) is 0 Å². The number of hydrogen-bond acceptors (Lipinski definition) is 4. The summed E-state index contributed by atoms with van der Waals surface area (Å²) in [5.74, 6) is -0.179. The molecule has 1 aromatic rings. The number of nitrogens with two attached hydrogens (primary N) is 1. The molecular weight excluding hydrogens is 202 g/mol. The predicted octanol–water partition coefficient (Wildman–Crippen LogP) is 0.159. The number of nitrogens with zero attached hydrogens (tertiary/aromatic N) is 1. The quantitative estimate of drug-likeness (QED) is 0.552. The number of rotatable bonds is 3. The van der Waals surface area contributed by atoms with E-state index >= 15 is 0 Å². The van der Waals surface area contributed by atoms with E-state index in [1.165, 1.54) is 18.5 Å². The second-order valence-corrected chi connectivity index (χ2v) is 5.00. The van der Waals surface area contributed by atoms with Crippen molar-refractivity contribution in [2.75, 3.05) is 5.75 Å². The van der Waals surface area contributed by atoms with E-state index in [-0.39, 0.29) is 16.5 Å². The summed E-state index contributed by atoms with van der Waals surface area (Å²) in [6.45, 7) is 1.55. The summed E-state index contributed by atoms with van der Waals surface area (Å²) in [6, 6.07) is 1.36. The molecule has 1 heterocycles. The third kappa shape index (κ3) is 2.08. The normalized spacial score (nSPS) is 11.2. The SMILES string of the molecule is CCS(=O)(=O)c1cncc(C(=N)N)c1. The van der Waals surface area contributed by atoms with E-state index < -0.39 is 9.84 Å². The highest BCUT2D eigenvalue weighted by Gasteiger charge is 2.12. The fourth-order valence-corrected chi connectivity index (χ4v) is 1.76. The fraction of sp³-hybridized carbons (Fsp3) is 0.250. The molecule has 0 aliphatic rings. The zero-order chi connectivity index (χ0) is 10.8. The first-order chi connectivity index (χ1) is 6.47. The van der Waals surface area contributed by atoms with Crippen LogP contribution in [-0.4, -0.2) is 25.0 Å². The highest BCUT2D eigenvalue weighted by molar-refractivity contribution is 7.91. The molecule has 0 aromatic carbocycles. The summed E-state index contributed by atoms with van der Waals surface area (Å²) in [7, 11) is -3.27. The number of aromatic nitrogens is 1. The Morgan fingerprint density at radius 3 is 2.71 bits per heavy atom. The molecule has 0 fully saturated rings. The van der Waals surface area contributed by atoms with Gasteiger partial charge in [0.05, 0.1) is 10.6 Å². The van der Waals surface area contributed by atoms with Crippen LogP contribution >= 0.6 is 0 Å². The van der Waals surface area contributed by atoms with Crippen LogP contribution < -0.4 is 5.73 Å². The van der Waals surface area contributed by atoms with Crippen molar-refractivity contribution in [2.45, 2.75) is 11.8 Å². The van der Waals surface area contributed by atoms with E-state index in [4.69, 9.17) is 11.1 Å². The molecule has 0 bridgehead atoms. The Morgan fingerprint density at radius 1 is 1.57 bits per heavy atom. The van der Waals surface area contributed by atoms with Gasteiger partial charge >= 0.3 is 0 Å². The Bertz CT molecular complexity index is 453. The number of pyridine rings is 1. The van der Waals surface area contributed by atoms with Gasteiger partial charge in [0, 0.05) is 18.0 Å². The van der Waals surface area contributed by atoms with Crippen molar-refractivity contribution in [1.29, 1.82) is 5.41 Å². The van der Waals surface area contributed by atoms with E-state index in [9.17, 15) is 8.42 Å². The van der Waals surface area contributed by atoms with Gasteiger partial charge < -0.3 is 5.73 Å². The maximum atomic E-state index is 11.4. The van der Waals surface area contributed by atoms with E-state index in [0.29, 0.717) is 5.56 Å². The molecule has 6 heteroatoms. The minimum atomic E-state index is -3.27. The van der Waals surface area contributed by atoms with Gasteiger partial charge in [-0.15, -0.1) is 0 Å². The van der Waals surface area contributed by atoms with Crippen molar-refractivity contribution in [3.05, 3.63) is 24.0 Å². The number of nitrogens with one attached hydrogen (secondary N) is 1. The Morgan fingerprint density at radius 2 is 2.21 bits per heavy atom. The lowest BCUT2D eigenvalue weighted by Crippen LogP contribution is -2.13. The molecule has 0 aliphatic carbocycles. The molecule has 0 saturated carbocycles. The van der Waals surface area contributed by atoms with Crippen molar-refractivity contribution in [3.63, 3.8) is 0 Å². The van der Waals surface area contributed by atoms with E-state index in [2.05, 4.69) is 4.98 Å². The van der Waals surface area contributed by atoms with Crippen LogP contribution in [-0.2, 0) is 9.84 Å². The monoisotopic (exact) mass is 213 g/mol. The molecule has 76 valence electrons. The number of nitrogen functional groups attached to an aromatic ring is 1. The van der Waals surface area contributed by atoms with Crippen molar-refractivity contribution < 1.29 is 8.42 Å². The van der Waals surface area contributed by atoms with Gasteiger partial charge in [-0.25, -0.2) is 8.42 Å². The van der Waals surface area contributed by atoms with Crippen molar-refractivity contribution in [1.82, 2.24) is 4.98 Å². The Balaban J connectivity index is 3.26. The minimum Gasteiger partial charge on any atom is -0.384 e. The molecule has 5 nitrogen and oxygen atoms in total. The third-order valence-corrected chi connectivity index (χ3v) is 3.46. The van der Waals surface area contributed by atoms with Crippen LogP contribution in [0.1, 0.15) is 12.5 Å². The summed E-state index contributed by atoms with van der Waals surface area (Å²) in [5.41, 5.74) is 5.53. The summed E-state index contributed by atoms with van der Waals surface area (Å²) < 4.78 is 22.8. The lowest BCUT2D eigenvalue weighted by Gasteiger charge is -2.02. The first kappa shape index (κ1) is 10.6. The second kappa shape index (κ2) is 3.75. The van der Waals surface area contributed by atoms with E-state index in [0.717, 1.165) is 0 Å². The molecule has 0 saturated heterocycles. The largest absolute Gasteiger partial charge is 0.384 e. The van der Waals surface area contributed by atoms with Crippen LogP contribution in [0.5, 0.6) is 0 Å². The lowest BCUT2D eigenvalue weighted by atomic mass is 10.3. The number of hydrogen-bond donors (Lipinski definition) is 2. The Hall–Kier alpha value is -1.43. The second-order valence-electron chi connectivity index (χ2n) is 2.73. The molecule has 0 aliphatic heterocycles. The molecule has 0 atom stereocenters. The standard InChI is InChI=1S/C8H11N3O2S/c1-2-14(12,13)7-3-6(8(9)10)4-11-5-7/h3-5H,2H2,1H3,(H3,9,10). The van der Waals surface area contributed by atoms with Crippen molar-refractivity contribution >= 4 is 15.7 Å². The average Bonchev–Trinajstić information content (AvgIpc) is 2.18. The molecule has 0 amide bonds. The van der Waals surface area contributed by atoms with Gasteiger partial charge in [-0.3, -0.25) is 10.4 Å². The molecule has 3 N–H and O–H groups in total. The lowest BCUT2D eigenvalue weighted by molar-refractivity contribution is 0.597. The summed E-state index contributed by atoms with van der Waals surface area (Å²) in [6.07, 6.45) is 2.61. The predicted molar refractivity (Wildman–Crippen MR) is 53.0 cm³/mol. The van der Waals surface area contributed by atoms with Crippen LogP contribution in [0.15, 0.2) is 23.4 Å². The minimum absolute atomic E-state index is 0.00996. The van der Waals surface area contributed by atoms with Gasteiger partial charge in [0.15, 0.2) is 9.84 Å². The molecule has 1 aromatic heterocycles. The zero-order valence-electron chi connectivity index (χ0n) is 7.69. The Kier molecular flexibility index (Phi) is 2.85. The molecule has 14 heavy (non-hydrogen) atoms. The average molecular weight is 213 g/mol. The van der Waals surface area contributed by atoms with Crippen molar-refractivity contribution in [2.24, 2.45) is 5.73 Å². The van der Waals surface area contributed by atoms with Crippen LogP contribution in [0, 0.1) is 5.41 Å². The van der Waals surface area contributed by atoms with Crippen LogP contribution in [0.3, 0.4) is 0 Å². The molecule has 0 radical (unpaired) electrons. The first-order valence-electron chi connectivity index (χ1n) is 3.99. The van der Waals surface area contributed by atoms with Crippen LogP contribution in [0.25, 0.3) is 0 Å². The number of amidine groups is 1. The molecule has 0 spiro atoms. The topological polar surface area (TPSA) is 96.9 Å². The summed E-state index contributed by atoms with van der Waals surface area (Å²) in [4.78, 5) is 3.82. The van der Waals surface area contributed by atoms with Crippen molar-refractivity contribution in [3.8, 4) is 0 Å². The smallest absolute Gasteiger partial charge is 0.179 e. The highest BCUT2D eigenvalue weighted by atomic mass is 32.2. The number of sulfone groups is 1. The molecule has 0 unspecified atom stereocenters. The van der Waals surface area contributed by atoms with Gasteiger partial charge in [-0.05, 0) is 6.07 Å².